The predicted octanol–water partition coefficient (Wildman–Crippen LogP) is 6.26. The molecule has 0 aliphatic rings. The van der Waals surface area contributed by atoms with Crippen LogP contribution in [-0.2, 0) is 4.79 Å². The van der Waals surface area contributed by atoms with Gasteiger partial charge in [0.25, 0.3) is 5.91 Å². The lowest BCUT2D eigenvalue weighted by Crippen LogP contribution is -2.21. The van der Waals surface area contributed by atoms with Gasteiger partial charge in [0.1, 0.15) is 5.75 Å². The number of benzene rings is 3. The highest BCUT2D eigenvalue weighted by Crippen LogP contribution is 2.18. The highest BCUT2D eigenvalue weighted by molar-refractivity contribution is 6.04. The fourth-order valence-corrected chi connectivity index (χ4v) is 3.43. The Bertz CT molecular complexity index is 1080. The van der Waals surface area contributed by atoms with Crippen molar-refractivity contribution >= 4 is 28.9 Å². The van der Waals surface area contributed by atoms with E-state index in [4.69, 9.17) is 4.74 Å². The first-order valence-electron chi connectivity index (χ1n) is 11.8. The van der Waals surface area contributed by atoms with E-state index in [-0.39, 0.29) is 18.4 Å². The summed E-state index contributed by atoms with van der Waals surface area (Å²) in [5.41, 5.74) is 3.82. The molecule has 0 fully saturated rings. The monoisotopic (exact) mass is 459 g/mol. The summed E-state index contributed by atoms with van der Waals surface area (Å²) in [5.74, 6) is 0.443. The van der Waals surface area contributed by atoms with E-state index in [0.29, 0.717) is 23.5 Å². The van der Waals surface area contributed by atoms with Crippen LogP contribution in [0.5, 0.6) is 5.75 Å². The van der Waals surface area contributed by atoms with Crippen molar-refractivity contribution in [1.29, 1.82) is 0 Å². The molecule has 6 nitrogen and oxygen atoms in total. The molecule has 6 heteroatoms. The molecule has 3 rings (SSSR count). The number of amides is 2. The molecule has 178 valence electrons. The summed E-state index contributed by atoms with van der Waals surface area (Å²) in [5, 5.41) is 8.86. The van der Waals surface area contributed by atoms with E-state index in [1.807, 2.05) is 61.5 Å². The molecular formula is C28H33N3O3. The average Bonchev–Trinajstić information content (AvgIpc) is 2.84. The van der Waals surface area contributed by atoms with Crippen molar-refractivity contribution in [1.82, 2.24) is 0 Å². The molecule has 0 unspecified atom stereocenters. The Kier molecular flexibility index (Phi) is 9.52. The zero-order valence-corrected chi connectivity index (χ0v) is 19.9. The summed E-state index contributed by atoms with van der Waals surface area (Å²) in [6.45, 7) is 4.94. The number of ether oxygens (including phenoxy) is 1. The number of unbranched alkanes of at least 4 members (excludes halogenated alkanes) is 3. The van der Waals surface area contributed by atoms with E-state index in [2.05, 4.69) is 22.9 Å². The van der Waals surface area contributed by atoms with Crippen molar-refractivity contribution in [2.45, 2.75) is 39.5 Å². The van der Waals surface area contributed by atoms with E-state index in [1.165, 1.54) is 19.3 Å². The minimum Gasteiger partial charge on any atom is -0.494 e. The van der Waals surface area contributed by atoms with Crippen LogP contribution in [0.25, 0.3) is 0 Å². The molecule has 3 N–H and O–H groups in total. The zero-order chi connectivity index (χ0) is 24.2. The van der Waals surface area contributed by atoms with Gasteiger partial charge in [0, 0.05) is 28.7 Å². The zero-order valence-electron chi connectivity index (χ0n) is 19.9. The van der Waals surface area contributed by atoms with Gasteiger partial charge >= 0.3 is 0 Å². The van der Waals surface area contributed by atoms with Crippen LogP contribution in [0.1, 0.15) is 48.5 Å². The molecule has 0 spiro atoms. The number of hydrogen-bond acceptors (Lipinski definition) is 4. The third-order valence-corrected chi connectivity index (χ3v) is 5.26. The molecule has 2 amide bonds. The van der Waals surface area contributed by atoms with Crippen LogP contribution in [0.2, 0.25) is 0 Å². The Morgan fingerprint density at radius 2 is 1.56 bits per heavy atom. The molecule has 0 heterocycles. The highest BCUT2D eigenvalue weighted by atomic mass is 16.5. The van der Waals surface area contributed by atoms with Crippen molar-refractivity contribution in [2.75, 3.05) is 29.1 Å². The van der Waals surface area contributed by atoms with Crippen LogP contribution >= 0.6 is 0 Å². The SMILES string of the molecule is CCCCCCOc1cccc(NC(=O)CNc2ccc(NC(=O)c3cccc(C)c3)cc2)c1. The second-order valence-electron chi connectivity index (χ2n) is 8.24. The van der Waals surface area contributed by atoms with Crippen LogP contribution in [0, 0.1) is 6.92 Å². The predicted molar refractivity (Wildman–Crippen MR) is 139 cm³/mol. The molecule has 0 saturated carbocycles. The lowest BCUT2D eigenvalue weighted by Gasteiger charge is -2.11. The number of carbonyl (C=O) groups is 2. The number of carbonyl (C=O) groups excluding carboxylic acids is 2. The van der Waals surface area contributed by atoms with Gasteiger partial charge in [-0.05, 0) is 61.9 Å². The van der Waals surface area contributed by atoms with Gasteiger partial charge in [-0.1, -0.05) is 49.9 Å². The maximum Gasteiger partial charge on any atom is 0.255 e. The number of aryl methyl sites for hydroxylation is 1. The van der Waals surface area contributed by atoms with Crippen molar-refractivity contribution in [3.63, 3.8) is 0 Å². The van der Waals surface area contributed by atoms with Crippen LogP contribution in [0.3, 0.4) is 0 Å². The molecule has 34 heavy (non-hydrogen) atoms. The molecule has 0 radical (unpaired) electrons. The molecule has 3 aromatic rings. The lowest BCUT2D eigenvalue weighted by molar-refractivity contribution is -0.114. The number of hydrogen-bond donors (Lipinski definition) is 3. The van der Waals surface area contributed by atoms with Gasteiger partial charge < -0.3 is 20.7 Å². The molecule has 0 bridgehead atoms. The average molecular weight is 460 g/mol. The summed E-state index contributed by atoms with van der Waals surface area (Å²) in [4.78, 5) is 24.7. The molecule has 0 saturated heterocycles. The highest BCUT2D eigenvalue weighted by Gasteiger charge is 2.07. The molecule has 3 aromatic carbocycles. The van der Waals surface area contributed by atoms with E-state index in [1.54, 1.807) is 18.2 Å². The lowest BCUT2D eigenvalue weighted by atomic mass is 10.1. The van der Waals surface area contributed by atoms with Gasteiger partial charge in [-0.2, -0.15) is 0 Å². The Labute approximate surface area is 201 Å². The van der Waals surface area contributed by atoms with Gasteiger partial charge in [-0.3, -0.25) is 9.59 Å². The minimum absolute atomic E-state index is 0.122. The first kappa shape index (κ1) is 24.8. The van der Waals surface area contributed by atoms with Crippen molar-refractivity contribution in [3.8, 4) is 5.75 Å². The third-order valence-electron chi connectivity index (χ3n) is 5.26. The summed E-state index contributed by atoms with van der Waals surface area (Å²) < 4.78 is 5.78. The number of anilines is 3. The summed E-state index contributed by atoms with van der Waals surface area (Å²) in [7, 11) is 0. The summed E-state index contributed by atoms with van der Waals surface area (Å²) in [6.07, 6.45) is 4.61. The normalized spacial score (nSPS) is 10.4. The largest absolute Gasteiger partial charge is 0.494 e. The minimum atomic E-state index is -0.157. The van der Waals surface area contributed by atoms with Gasteiger partial charge in [0.2, 0.25) is 5.91 Å². The van der Waals surface area contributed by atoms with E-state index < -0.39 is 0 Å². The van der Waals surface area contributed by atoms with Crippen molar-refractivity contribution in [3.05, 3.63) is 83.9 Å². The molecule has 0 aliphatic carbocycles. The fourth-order valence-electron chi connectivity index (χ4n) is 3.43. The Morgan fingerprint density at radius 3 is 2.32 bits per heavy atom. The molecule has 0 aliphatic heterocycles. The van der Waals surface area contributed by atoms with Crippen LogP contribution in [-0.4, -0.2) is 25.0 Å². The van der Waals surface area contributed by atoms with Gasteiger partial charge in [-0.25, -0.2) is 0 Å². The number of nitrogens with one attached hydrogen (secondary N) is 3. The van der Waals surface area contributed by atoms with E-state index in [0.717, 1.165) is 23.4 Å². The molecule has 0 atom stereocenters. The first-order valence-corrected chi connectivity index (χ1v) is 11.8. The Balaban J connectivity index is 1.43. The van der Waals surface area contributed by atoms with Crippen LogP contribution < -0.4 is 20.7 Å². The quantitative estimate of drug-likeness (QED) is 0.279. The Hall–Kier alpha value is -3.80. The number of rotatable bonds is 12. The maximum absolute atomic E-state index is 12.4. The van der Waals surface area contributed by atoms with E-state index in [9.17, 15) is 9.59 Å². The van der Waals surface area contributed by atoms with Gasteiger partial charge in [-0.15, -0.1) is 0 Å². The second-order valence-corrected chi connectivity index (χ2v) is 8.24. The van der Waals surface area contributed by atoms with Crippen molar-refractivity contribution in [2.24, 2.45) is 0 Å². The Morgan fingerprint density at radius 1 is 0.794 bits per heavy atom. The second kappa shape index (κ2) is 13.0. The van der Waals surface area contributed by atoms with Crippen LogP contribution in [0.15, 0.2) is 72.8 Å². The van der Waals surface area contributed by atoms with Gasteiger partial charge in [0.05, 0.1) is 13.2 Å². The topological polar surface area (TPSA) is 79.5 Å². The summed E-state index contributed by atoms with van der Waals surface area (Å²) in [6, 6.07) is 22.1. The first-order chi connectivity index (χ1) is 16.5. The van der Waals surface area contributed by atoms with Gasteiger partial charge in [0.15, 0.2) is 0 Å². The summed E-state index contributed by atoms with van der Waals surface area (Å²) >= 11 is 0. The fraction of sp³-hybridized carbons (Fsp3) is 0.286. The molecular weight excluding hydrogens is 426 g/mol. The van der Waals surface area contributed by atoms with Crippen LogP contribution in [0.4, 0.5) is 17.1 Å². The smallest absolute Gasteiger partial charge is 0.255 e. The third kappa shape index (κ3) is 8.28. The molecule has 0 aromatic heterocycles. The maximum atomic E-state index is 12.4. The van der Waals surface area contributed by atoms with Crippen molar-refractivity contribution < 1.29 is 14.3 Å². The van der Waals surface area contributed by atoms with E-state index >= 15 is 0 Å². The standard InChI is InChI=1S/C28H33N3O3/c1-3-4-5-6-17-34-26-12-8-11-25(19-26)30-27(32)20-29-23-13-15-24(16-14-23)31-28(33)22-10-7-9-21(2)18-22/h7-16,18-19,29H,3-6,17,20H2,1-2H3,(H,30,32)(H,31,33).